The van der Waals surface area contributed by atoms with Gasteiger partial charge in [-0.15, -0.1) is 0 Å². The fourth-order valence-corrected chi connectivity index (χ4v) is 1.94. The van der Waals surface area contributed by atoms with E-state index in [-0.39, 0.29) is 24.5 Å². The van der Waals surface area contributed by atoms with E-state index < -0.39 is 10.5 Å². The van der Waals surface area contributed by atoms with E-state index in [0.717, 1.165) is 0 Å². The summed E-state index contributed by atoms with van der Waals surface area (Å²) < 4.78 is 5.15. The van der Waals surface area contributed by atoms with Crippen LogP contribution in [0.4, 0.5) is 5.69 Å². The Labute approximate surface area is 121 Å². The van der Waals surface area contributed by atoms with Crippen molar-refractivity contribution in [3.63, 3.8) is 0 Å². The van der Waals surface area contributed by atoms with Crippen LogP contribution in [0.2, 0.25) is 0 Å². The SMILES string of the molecule is CC(O)(CNCc1cc([N+](=O)[O-])ccc1O)c1ccco1. The van der Waals surface area contributed by atoms with Crippen LogP contribution < -0.4 is 5.32 Å². The Bertz CT molecular complexity index is 622. The molecule has 0 fully saturated rings. The number of nitro groups is 1. The van der Waals surface area contributed by atoms with Gasteiger partial charge in [-0.1, -0.05) is 0 Å². The molecule has 2 aromatic rings. The molecule has 0 saturated carbocycles. The largest absolute Gasteiger partial charge is 0.508 e. The summed E-state index contributed by atoms with van der Waals surface area (Å²) in [6.07, 6.45) is 1.47. The highest BCUT2D eigenvalue weighted by Gasteiger charge is 2.25. The van der Waals surface area contributed by atoms with Gasteiger partial charge < -0.3 is 19.9 Å². The first kappa shape index (κ1) is 15.0. The fraction of sp³-hybridized carbons (Fsp3) is 0.286. The summed E-state index contributed by atoms with van der Waals surface area (Å²) in [5.41, 5.74) is -0.915. The van der Waals surface area contributed by atoms with Crippen molar-refractivity contribution in [2.45, 2.75) is 19.1 Å². The number of furan rings is 1. The van der Waals surface area contributed by atoms with E-state index >= 15 is 0 Å². The molecule has 0 spiro atoms. The molecule has 0 aliphatic carbocycles. The topological polar surface area (TPSA) is 109 Å². The van der Waals surface area contributed by atoms with Crippen LogP contribution in [0.25, 0.3) is 0 Å². The van der Waals surface area contributed by atoms with E-state index in [4.69, 9.17) is 4.42 Å². The minimum absolute atomic E-state index is 0.0364. The molecule has 0 aliphatic rings. The van der Waals surface area contributed by atoms with Gasteiger partial charge in [0.15, 0.2) is 0 Å². The van der Waals surface area contributed by atoms with Crippen molar-refractivity contribution < 1.29 is 19.6 Å². The monoisotopic (exact) mass is 292 g/mol. The number of phenols is 1. The van der Waals surface area contributed by atoms with E-state index in [1.807, 2.05) is 0 Å². The second kappa shape index (κ2) is 5.94. The van der Waals surface area contributed by atoms with Crippen molar-refractivity contribution in [3.8, 4) is 5.75 Å². The van der Waals surface area contributed by atoms with Gasteiger partial charge in [-0.05, 0) is 25.1 Å². The molecule has 1 atom stereocenters. The molecule has 0 aliphatic heterocycles. The quantitative estimate of drug-likeness (QED) is 0.554. The van der Waals surface area contributed by atoms with Gasteiger partial charge in [0.25, 0.3) is 5.69 Å². The van der Waals surface area contributed by atoms with Gasteiger partial charge in [0, 0.05) is 30.8 Å². The standard InChI is InChI=1S/C14H16N2O5/c1-14(18,13-3-2-6-21-13)9-15-8-10-7-11(16(19)20)4-5-12(10)17/h2-7,15,17-18H,8-9H2,1H3. The molecular weight excluding hydrogens is 276 g/mol. The zero-order chi connectivity index (χ0) is 15.5. The summed E-state index contributed by atoms with van der Waals surface area (Å²) in [6, 6.07) is 7.14. The summed E-state index contributed by atoms with van der Waals surface area (Å²) in [4.78, 5) is 10.2. The number of rotatable bonds is 6. The summed E-state index contributed by atoms with van der Waals surface area (Å²) in [5, 5.41) is 33.6. The van der Waals surface area contributed by atoms with Gasteiger partial charge in [-0.25, -0.2) is 0 Å². The lowest BCUT2D eigenvalue weighted by Gasteiger charge is -2.21. The number of phenolic OH excluding ortho intramolecular Hbond substituents is 1. The Morgan fingerprint density at radius 2 is 2.19 bits per heavy atom. The maximum Gasteiger partial charge on any atom is 0.270 e. The number of aliphatic hydroxyl groups is 1. The summed E-state index contributed by atoms with van der Waals surface area (Å²) in [6.45, 7) is 1.94. The highest BCUT2D eigenvalue weighted by Crippen LogP contribution is 2.24. The zero-order valence-corrected chi connectivity index (χ0v) is 11.4. The Kier molecular flexibility index (Phi) is 4.25. The maximum absolute atomic E-state index is 10.7. The Balaban J connectivity index is 2.00. The second-order valence-electron chi connectivity index (χ2n) is 4.92. The summed E-state index contributed by atoms with van der Waals surface area (Å²) in [7, 11) is 0. The Hall–Kier alpha value is -2.38. The molecule has 21 heavy (non-hydrogen) atoms. The van der Waals surface area contributed by atoms with Gasteiger partial charge in [0.05, 0.1) is 11.2 Å². The lowest BCUT2D eigenvalue weighted by Crippen LogP contribution is -2.34. The predicted octanol–water partition coefficient (Wildman–Crippen LogP) is 1.89. The maximum atomic E-state index is 10.7. The molecule has 0 bridgehead atoms. The lowest BCUT2D eigenvalue weighted by atomic mass is 10.0. The second-order valence-corrected chi connectivity index (χ2v) is 4.92. The number of nitrogens with one attached hydrogen (secondary N) is 1. The third-order valence-electron chi connectivity index (χ3n) is 3.11. The lowest BCUT2D eigenvalue weighted by molar-refractivity contribution is -0.384. The number of non-ortho nitro benzene ring substituents is 1. The van der Waals surface area contributed by atoms with Gasteiger partial charge in [-0.3, -0.25) is 10.1 Å². The highest BCUT2D eigenvalue weighted by molar-refractivity contribution is 5.42. The summed E-state index contributed by atoms with van der Waals surface area (Å²) in [5.74, 6) is 0.379. The number of nitro benzene ring substituents is 1. The van der Waals surface area contributed by atoms with Crippen LogP contribution in [0.5, 0.6) is 5.75 Å². The smallest absolute Gasteiger partial charge is 0.270 e. The van der Waals surface area contributed by atoms with Crippen molar-refractivity contribution in [1.82, 2.24) is 5.32 Å². The third kappa shape index (κ3) is 3.59. The molecule has 112 valence electrons. The van der Waals surface area contributed by atoms with Crippen LogP contribution in [0.15, 0.2) is 41.0 Å². The molecule has 0 amide bonds. The molecule has 7 nitrogen and oxygen atoms in total. The molecule has 1 aromatic heterocycles. The van der Waals surface area contributed by atoms with Crippen molar-refractivity contribution in [3.05, 3.63) is 58.0 Å². The predicted molar refractivity (Wildman–Crippen MR) is 74.7 cm³/mol. The van der Waals surface area contributed by atoms with Gasteiger partial charge in [0.1, 0.15) is 17.1 Å². The molecule has 0 saturated heterocycles. The van der Waals surface area contributed by atoms with Crippen molar-refractivity contribution >= 4 is 5.69 Å². The number of hydrogen-bond acceptors (Lipinski definition) is 6. The molecule has 0 radical (unpaired) electrons. The Morgan fingerprint density at radius 1 is 1.43 bits per heavy atom. The van der Waals surface area contributed by atoms with E-state index in [9.17, 15) is 20.3 Å². The van der Waals surface area contributed by atoms with E-state index in [2.05, 4.69) is 5.32 Å². The molecule has 2 rings (SSSR count). The molecular formula is C14H16N2O5. The first-order valence-corrected chi connectivity index (χ1v) is 6.33. The Morgan fingerprint density at radius 3 is 2.81 bits per heavy atom. The third-order valence-corrected chi connectivity index (χ3v) is 3.11. The van der Waals surface area contributed by atoms with Crippen molar-refractivity contribution in [2.24, 2.45) is 0 Å². The zero-order valence-electron chi connectivity index (χ0n) is 11.4. The van der Waals surface area contributed by atoms with Crippen LogP contribution in [0, 0.1) is 10.1 Å². The van der Waals surface area contributed by atoms with Crippen LogP contribution >= 0.6 is 0 Å². The number of nitrogens with zero attached hydrogens (tertiary/aromatic N) is 1. The van der Waals surface area contributed by atoms with Crippen LogP contribution in [0.1, 0.15) is 18.2 Å². The molecule has 1 heterocycles. The normalized spacial score (nSPS) is 13.8. The highest BCUT2D eigenvalue weighted by atomic mass is 16.6. The van der Waals surface area contributed by atoms with E-state index in [0.29, 0.717) is 11.3 Å². The average Bonchev–Trinajstić information content (AvgIpc) is 2.95. The molecule has 1 unspecified atom stereocenters. The minimum Gasteiger partial charge on any atom is -0.508 e. The fourth-order valence-electron chi connectivity index (χ4n) is 1.94. The van der Waals surface area contributed by atoms with E-state index in [1.54, 1.807) is 19.1 Å². The average molecular weight is 292 g/mol. The van der Waals surface area contributed by atoms with Gasteiger partial charge in [0.2, 0.25) is 0 Å². The molecule has 1 aromatic carbocycles. The van der Waals surface area contributed by atoms with Crippen molar-refractivity contribution in [2.75, 3.05) is 6.54 Å². The van der Waals surface area contributed by atoms with Crippen molar-refractivity contribution in [1.29, 1.82) is 0 Å². The van der Waals surface area contributed by atoms with E-state index in [1.165, 1.54) is 24.5 Å². The first-order valence-electron chi connectivity index (χ1n) is 6.33. The molecule has 7 heteroatoms. The molecule has 3 N–H and O–H groups in total. The van der Waals surface area contributed by atoms with Gasteiger partial charge >= 0.3 is 0 Å². The summed E-state index contributed by atoms with van der Waals surface area (Å²) >= 11 is 0. The van der Waals surface area contributed by atoms with Gasteiger partial charge in [-0.2, -0.15) is 0 Å². The minimum atomic E-state index is -1.21. The number of benzene rings is 1. The van der Waals surface area contributed by atoms with Crippen LogP contribution in [0.3, 0.4) is 0 Å². The number of hydrogen-bond donors (Lipinski definition) is 3. The first-order chi connectivity index (χ1) is 9.90. The van der Waals surface area contributed by atoms with Crippen LogP contribution in [-0.2, 0) is 12.1 Å². The van der Waals surface area contributed by atoms with Crippen LogP contribution in [-0.4, -0.2) is 21.7 Å². The number of aromatic hydroxyl groups is 1.